The number of carbonyl (C=O) groups excluding carboxylic acids is 1. The summed E-state index contributed by atoms with van der Waals surface area (Å²) in [6.45, 7) is 2.23. The van der Waals surface area contributed by atoms with Crippen LogP contribution in [0.25, 0.3) is 16.5 Å². The van der Waals surface area contributed by atoms with Gasteiger partial charge in [0.15, 0.2) is 5.69 Å². The first-order valence-electron chi connectivity index (χ1n) is 5.41. The largest absolute Gasteiger partial charge is 0.464 e. The van der Waals surface area contributed by atoms with Crippen molar-refractivity contribution >= 4 is 12.0 Å². The second-order valence-corrected chi connectivity index (χ2v) is 3.57. The highest BCUT2D eigenvalue weighted by molar-refractivity contribution is 5.88. The molecule has 0 atom stereocenters. The molecule has 0 aliphatic rings. The molecule has 94 valence electrons. The molecule has 0 fully saturated rings. The molecule has 1 aromatic heterocycles. The second kappa shape index (κ2) is 7.09. The molecule has 0 aliphatic carbocycles. The minimum absolute atomic E-state index is 0.323. The summed E-state index contributed by atoms with van der Waals surface area (Å²) in [6.07, 6.45) is 6.03. The number of carbonyl (C=O) groups is 1. The first-order valence-corrected chi connectivity index (χ1v) is 5.41. The number of aryl methyl sites for hydroxylation is 1. The average molecular weight is 246 g/mol. The summed E-state index contributed by atoms with van der Waals surface area (Å²) in [5.74, 6) is -0.439. The van der Waals surface area contributed by atoms with E-state index < -0.39 is 5.97 Å². The highest BCUT2D eigenvalue weighted by Gasteiger charge is 2.10. The molecule has 0 bridgehead atoms. The quantitative estimate of drug-likeness (QED) is 0.263. The summed E-state index contributed by atoms with van der Waals surface area (Å²) < 4.78 is 4.62. The van der Waals surface area contributed by atoms with Gasteiger partial charge in [-0.2, -0.15) is 0 Å². The van der Waals surface area contributed by atoms with Gasteiger partial charge in [-0.1, -0.05) is 17.3 Å². The summed E-state index contributed by atoms with van der Waals surface area (Å²) in [4.78, 5) is 18.0. The maximum Gasteiger partial charge on any atom is 0.356 e. The molecule has 0 N–H and O–H groups in total. The van der Waals surface area contributed by atoms with Crippen LogP contribution in [0, 0.1) is 6.92 Å². The zero-order valence-electron chi connectivity index (χ0n) is 10.3. The molecule has 0 unspecified atom stereocenters. The van der Waals surface area contributed by atoms with E-state index in [0.717, 1.165) is 11.1 Å². The number of azide groups is 1. The van der Waals surface area contributed by atoms with Gasteiger partial charge in [-0.3, -0.25) is 0 Å². The molecule has 0 radical (unpaired) electrons. The molecule has 1 rings (SSSR count). The Morgan fingerprint density at radius 3 is 3.06 bits per heavy atom. The van der Waals surface area contributed by atoms with Crippen LogP contribution >= 0.6 is 0 Å². The van der Waals surface area contributed by atoms with E-state index in [4.69, 9.17) is 5.53 Å². The first kappa shape index (κ1) is 13.7. The molecule has 0 saturated carbocycles. The van der Waals surface area contributed by atoms with Crippen molar-refractivity contribution in [3.63, 3.8) is 0 Å². The van der Waals surface area contributed by atoms with Crippen LogP contribution in [-0.2, 0) is 4.74 Å². The van der Waals surface area contributed by atoms with Crippen molar-refractivity contribution in [1.29, 1.82) is 0 Å². The highest BCUT2D eigenvalue weighted by atomic mass is 16.5. The van der Waals surface area contributed by atoms with Gasteiger partial charge in [0.05, 0.1) is 7.11 Å². The fourth-order valence-corrected chi connectivity index (χ4v) is 1.39. The van der Waals surface area contributed by atoms with Gasteiger partial charge in [-0.15, -0.1) is 0 Å². The van der Waals surface area contributed by atoms with Gasteiger partial charge in [0.1, 0.15) is 0 Å². The minimum atomic E-state index is -0.439. The summed E-state index contributed by atoms with van der Waals surface area (Å²) >= 11 is 0. The molecule has 0 aliphatic heterocycles. The summed E-state index contributed by atoms with van der Waals surface area (Å²) in [5, 5.41) is 3.42. The fourth-order valence-electron chi connectivity index (χ4n) is 1.39. The van der Waals surface area contributed by atoms with E-state index in [0.29, 0.717) is 18.7 Å². The molecule has 0 amide bonds. The SMILES string of the molecule is COC(=O)c1ncc(C=CCCN=[N+]=[N-])cc1C. The Morgan fingerprint density at radius 1 is 1.67 bits per heavy atom. The van der Waals surface area contributed by atoms with Crippen LogP contribution in [0.4, 0.5) is 0 Å². The molecule has 6 heteroatoms. The first-order chi connectivity index (χ1) is 8.69. The number of aromatic nitrogens is 1. The van der Waals surface area contributed by atoms with Crippen molar-refractivity contribution in [3.05, 3.63) is 45.6 Å². The standard InChI is InChI=1S/C12H14N4O2/c1-9-7-10(5-3-4-6-15-16-13)8-14-11(9)12(17)18-2/h3,5,7-8H,4,6H2,1-2H3. The number of nitrogens with zero attached hydrogens (tertiary/aromatic N) is 4. The van der Waals surface area contributed by atoms with Crippen LogP contribution in [0.5, 0.6) is 0 Å². The van der Waals surface area contributed by atoms with E-state index in [1.165, 1.54) is 7.11 Å². The van der Waals surface area contributed by atoms with Gasteiger partial charge in [-0.05, 0) is 36.1 Å². The Hall–Kier alpha value is -2.33. The van der Waals surface area contributed by atoms with Gasteiger partial charge >= 0.3 is 5.97 Å². The second-order valence-electron chi connectivity index (χ2n) is 3.57. The molecular formula is C12H14N4O2. The Morgan fingerprint density at radius 2 is 2.44 bits per heavy atom. The molecule has 0 saturated heterocycles. The van der Waals surface area contributed by atoms with Crippen molar-refractivity contribution < 1.29 is 9.53 Å². The van der Waals surface area contributed by atoms with E-state index >= 15 is 0 Å². The van der Waals surface area contributed by atoms with E-state index in [1.807, 2.05) is 18.2 Å². The lowest BCUT2D eigenvalue weighted by Gasteiger charge is -2.03. The van der Waals surface area contributed by atoms with Crippen molar-refractivity contribution in [3.8, 4) is 0 Å². The predicted octanol–water partition coefficient (Wildman–Crippen LogP) is 2.89. The third-order valence-electron chi connectivity index (χ3n) is 2.25. The number of rotatable bonds is 5. The summed E-state index contributed by atoms with van der Waals surface area (Å²) in [5.41, 5.74) is 10.1. The van der Waals surface area contributed by atoms with E-state index in [2.05, 4.69) is 19.7 Å². The number of hydrogen-bond acceptors (Lipinski definition) is 4. The smallest absolute Gasteiger partial charge is 0.356 e. The molecule has 18 heavy (non-hydrogen) atoms. The molecule has 0 spiro atoms. The van der Waals surface area contributed by atoms with E-state index in [-0.39, 0.29) is 0 Å². The van der Waals surface area contributed by atoms with E-state index in [1.54, 1.807) is 13.1 Å². The van der Waals surface area contributed by atoms with Gasteiger partial charge in [0.25, 0.3) is 0 Å². The monoisotopic (exact) mass is 246 g/mol. The van der Waals surface area contributed by atoms with Crippen molar-refractivity contribution in [2.75, 3.05) is 13.7 Å². The van der Waals surface area contributed by atoms with Crippen LogP contribution in [0.3, 0.4) is 0 Å². The third-order valence-corrected chi connectivity index (χ3v) is 2.25. The average Bonchev–Trinajstić information content (AvgIpc) is 2.38. The van der Waals surface area contributed by atoms with Gasteiger partial charge < -0.3 is 4.74 Å². The lowest BCUT2D eigenvalue weighted by molar-refractivity contribution is 0.0593. The third kappa shape index (κ3) is 3.92. The van der Waals surface area contributed by atoms with Crippen LogP contribution < -0.4 is 0 Å². The molecular weight excluding hydrogens is 232 g/mol. The van der Waals surface area contributed by atoms with Gasteiger partial charge in [0, 0.05) is 17.7 Å². The Kier molecular flexibility index (Phi) is 5.41. The number of pyridine rings is 1. The lowest BCUT2D eigenvalue weighted by Crippen LogP contribution is -2.06. The lowest BCUT2D eigenvalue weighted by atomic mass is 10.1. The molecule has 6 nitrogen and oxygen atoms in total. The van der Waals surface area contributed by atoms with Crippen LogP contribution in [0.1, 0.15) is 28.0 Å². The summed E-state index contributed by atoms with van der Waals surface area (Å²) in [7, 11) is 1.33. The fraction of sp³-hybridized carbons (Fsp3) is 0.333. The van der Waals surface area contributed by atoms with Crippen LogP contribution in [0.15, 0.2) is 23.5 Å². The Labute approximate surface area is 105 Å². The Balaban J connectivity index is 2.72. The predicted molar refractivity (Wildman–Crippen MR) is 68.0 cm³/mol. The molecule has 1 heterocycles. The minimum Gasteiger partial charge on any atom is -0.464 e. The molecule has 0 aromatic carbocycles. The van der Waals surface area contributed by atoms with Gasteiger partial charge in [0.2, 0.25) is 0 Å². The zero-order valence-corrected chi connectivity index (χ0v) is 10.3. The number of methoxy groups -OCH3 is 1. The molecule has 1 aromatic rings. The van der Waals surface area contributed by atoms with Gasteiger partial charge in [-0.25, -0.2) is 9.78 Å². The maximum absolute atomic E-state index is 11.3. The normalized spacial score (nSPS) is 10.1. The zero-order chi connectivity index (χ0) is 13.4. The van der Waals surface area contributed by atoms with Crippen molar-refractivity contribution in [1.82, 2.24) is 4.98 Å². The van der Waals surface area contributed by atoms with Crippen LogP contribution in [-0.4, -0.2) is 24.6 Å². The highest BCUT2D eigenvalue weighted by Crippen LogP contribution is 2.10. The number of ether oxygens (including phenoxy) is 1. The summed E-state index contributed by atoms with van der Waals surface area (Å²) in [6, 6.07) is 1.85. The maximum atomic E-state index is 11.3. The van der Waals surface area contributed by atoms with Crippen molar-refractivity contribution in [2.45, 2.75) is 13.3 Å². The Bertz CT molecular complexity index is 505. The number of esters is 1. The topological polar surface area (TPSA) is 88.0 Å². The van der Waals surface area contributed by atoms with Crippen LogP contribution in [0.2, 0.25) is 0 Å². The van der Waals surface area contributed by atoms with E-state index in [9.17, 15) is 4.79 Å². The number of hydrogen-bond donors (Lipinski definition) is 0. The van der Waals surface area contributed by atoms with Crippen molar-refractivity contribution in [2.24, 2.45) is 5.11 Å².